The highest BCUT2D eigenvalue weighted by Crippen LogP contribution is 2.67. The number of carbonyl (C=O) groups is 3. The molecule has 2 bridgehead atoms. The van der Waals surface area contributed by atoms with Crippen LogP contribution in [0.4, 0.5) is 0 Å². The van der Waals surface area contributed by atoms with Gasteiger partial charge in [0.15, 0.2) is 0 Å². The minimum absolute atomic E-state index is 0.0175. The van der Waals surface area contributed by atoms with Gasteiger partial charge in [-0.25, -0.2) is 0 Å². The molecular formula is C28H46N2O5S. The molecule has 0 aromatic heterocycles. The Kier molecular flexibility index (Phi) is 8.32. The highest BCUT2D eigenvalue weighted by atomic mass is 32.2. The van der Waals surface area contributed by atoms with Crippen molar-refractivity contribution in [2.45, 2.75) is 102 Å². The monoisotopic (exact) mass is 522 g/mol. The fourth-order valence-corrected chi connectivity index (χ4v) is 9.35. The summed E-state index contributed by atoms with van der Waals surface area (Å²) in [5.74, 6) is -1.87. The van der Waals surface area contributed by atoms with Gasteiger partial charge < -0.3 is 19.6 Å². The van der Waals surface area contributed by atoms with E-state index in [1.165, 1.54) is 0 Å². The fourth-order valence-electron chi connectivity index (χ4n) is 7.16. The van der Waals surface area contributed by atoms with E-state index in [9.17, 15) is 19.5 Å². The number of esters is 1. The van der Waals surface area contributed by atoms with Crippen molar-refractivity contribution in [3.63, 3.8) is 0 Å². The van der Waals surface area contributed by atoms with Crippen molar-refractivity contribution in [3.8, 4) is 0 Å². The standard InChI is InChI=1S/C28H46N2O5S/c1-10-14-29(27(8,9)16-26(5,6)7)24(33)22-28-13-12-19(36-28)20(25(34)35-11-2)21(28)23(32)30(22)18(15-31)17(3)4/h10,17-22,31H,1,11-16H2,2-9H3/t18-,19-,20+,21-,22?,28?/m0/s1. The van der Waals surface area contributed by atoms with Crippen LogP contribution >= 0.6 is 11.8 Å². The molecule has 1 spiro atoms. The molecule has 36 heavy (non-hydrogen) atoms. The maximum Gasteiger partial charge on any atom is 0.310 e. The lowest BCUT2D eigenvalue weighted by atomic mass is 9.71. The molecule has 204 valence electrons. The van der Waals surface area contributed by atoms with Gasteiger partial charge in [-0.2, -0.15) is 0 Å². The van der Waals surface area contributed by atoms with E-state index < -0.39 is 34.2 Å². The average molecular weight is 523 g/mol. The Labute approximate surface area is 221 Å². The zero-order valence-electron chi connectivity index (χ0n) is 23.4. The number of hydrogen-bond acceptors (Lipinski definition) is 6. The Morgan fingerprint density at radius 3 is 2.44 bits per heavy atom. The number of aliphatic hydroxyl groups excluding tert-OH is 1. The van der Waals surface area contributed by atoms with Crippen molar-refractivity contribution in [1.29, 1.82) is 0 Å². The average Bonchev–Trinajstić information content (AvgIpc) is 3.38. The first-order valence-corrected chi connectivity index (χ1v) is 14.2. The minimum atomic E-state index is -0.747. The number of amides is 2. The molecule has 7 nitrogen and oxygen atoms in total. The van der Waals surface area contributed by atoms with E-state index in [4.69, 9.17) is 4.74 Å². The number of fused-ring (bicyclic) bond motifs is 1. The Morgan fingerprint density at radius 1 is 1.31 bits per heavy atom. The van der Waals surface area contributed by atoms with Crippen LogP contribution in [0.5, 0.6) is 0 Å². The Morgan fingerprint density at radius 2 is 1.94 bits per heavy atom. The normalized spacial score (nSPS) is 30.5. The third-order valence-corrected chi connectivity index (χ3v) is 10.1. The molecule has 3 aliphatic heterocycles. The van der Waals surface area contributed by atoms with Crippen molar-refractivity contribution in [2.75, 3.05) is 19.8 Å². The van der Waals surface area contributed by atoms with Crippen molar-refractivity contribution >= 4 is 29.5 Å². The molecule has 2 amide bonds. The van der Waals surface area contributed by atoms with Gasteiger partial charge in [0, 0.05) is 17.3 Å². The quantitative estimate of drug-likeness (QED) is 0.346. The third kappa shape index (κ3) is 4.84. The number of thioether (sulfide) groups is 1. The predicted molar refractivity (Wildman–Crippen MR) is 143 cm³/mol. The summed E-state index contributed by atoms with van der Waals surface area (Å²) < 4.78 is 4.71. The number of hydrogen-bond donors (Lipinski definition) is 1. The number of aliphatic hydroxyl groups is 1. The topological polar surface area (TPSA) is 87.2 Å². The second-order valence-corrected chi connectivity index (χ2v) is 14.4. The summed E-state index contributed by atoms with van der Waals surface area (Å²) >= 11 is 1.64. The SMILES string of the molecule is C=CCN(C(=O)C1N([C@@H](CO)C(C)C)C(=O)[C@@H]2[C@H](C(=O)OCC)[C@@H]3CCC12S3)C(C)(C)CC(C)(C)C. The van der Waals surface area contributed by atoms with Crippen molar-refractivity contribution in [1.82, 2.24) is 9.80 Å². The maximum absolute atomic E-state index is 14.7. The molecule has 8 heteroatoms. The van der Waals surface area contributed by atoms with Gasteiger partial charge in [0.25, 0.3) is 0 Å². The Bertz CT molecular complexity index is 882. The lowest BCUT2D eigenvalue weighted by Gasteiger charge is -2.47. The third-order valence-electron chi connectivity index (χ3n) is 8.12. The van der Waals surface area contributed by atoms with Crippen LogP contribution in [0.2, 0.25) is 0 Å². The Hall–Kier alpha value is -1.54. The molecule has 6 atom stereocenters. The summed E-state index contributed by atoms with van der Waals surface area (Å²) in [7, 11) is 0. The Balaban J connectivity index is 2.14. The summed E-state index contributed by atoms with van der Waals surface area (Å²) in [6.45, 7) is 20.6. The van der Waals surface area contributed by atoms with Crippen LogP contribution in [0.3, 0.4) is 0 Å². The predicted octanol–water partition coefficient (Wildman–Crippen LogP) is 3.89. The molecule has 2 unspecified atom stereocenters. The number of rotatable bonds is 10. The molecule has 0 saturated carbocycles. The van der Waals surface area contributed by atoms with Crippen LogP contribution in [0, 0.1) is 23.2 Å². The summed E-state index contributed by atoms with van der Waals surface area (Å²) in [5, 5.41) is 10.4. The van der Waals surface area contributed by atoms with Gasteiger partial charge in [0.1, 0.15) is 6.04 Å². The van der Waals surface area contributed by atoms with Gasteiger partial charge in [-0.15, -0.1) is 18.3 Å². The van der Waals surface area contributed by atoms with Gasteiger partial charge in [0.05, 0.1) is 35.8 Å². The summed E-state index contributed by atoms with van der Waals surface area (Å²) in [5.41, 5.74) is -0.502. The summed E-state index contributed by atoms with van der Waals surface area (Å²) in [4.78, 5) is 45.4. The van der Waals surface area contributed by atoms with Gasteiger partial charge in [0.2, 0.25) is 11.8 Å². The van der Waals surface area contributed by atoms with Gasteiger partial charge >= 0.3 is 5.97 Å². The number of nitrogens with zero attached hydrogens (tertiary/aromatic N) is 2. The van der Waals surface area contributed by atoms with E-state index in [-0.39, 0.29) is 47.6 Å². The minimum Gasteiger partial charge on any atom is -0.466 e. The van der Waals surface area contributed by atoms with Gasteiger partial charge in [-0.3, -0.25) is 14.4 Å². The molecule has 3 fully saturated rings. The molecule has 0 aliphatic carbocycles. The maximum atomic E-state index is 14.7. The number of carbonyl (C=O) groups excluding carboxylic acids is 3. The second-order valence-electron chi connectivity index (χ2n) is 12.8. The first-order valence-electron chi connectivity index (χ1n) is 13.4. The molecule has 3 saturated heterocycles. The molecule has 0 radical (unpaired) electrons. The summed E-state index contributed by atoms with van der Waals surface area (Å²) in [6, 6.07) is -1.26. The smallest absolute Gasteiger partial charge is 0.310 e. The van der Waals surface area contributed by atoms with E-state index >= 15 is 0 Å². The van der Waals surface area contributed by atoms with Gasteiger partial charge in [-0.1, -0.05) is 40.7 Å². The summed E-state index contributed by atoms with van der Waals surface area (Å²) in [6.07, 6.45) is 3.98. The highest BCUT2D eigenvalue weighted by molar-refractivity contribution is 8.02. The molecular weight excluding hydrogens is 476 g/mol. The van der Waals surface area contributed by atoms with E-state index in [1.54, 1.807) is 29.7 Å². The zero-order valence-corrected chi connectivity index (χ0v) is 24.2. The first kappa shape index (κ1) is 29.0. The lowest BCUT2D eigenvalue weighted by molar-refractivity contribution is -0.154. The molecule has 0 aromatic rings. The van der Waals surface area contributed by atoms with Crippen LogP contribution in [0.25, 0.3) is 0 Å². The van der Waals surface area contributed by atoms with E-state index in [0.29, 0.717) is 13.0 Å². The molecule has 1 N–H and O–H groups in total. The van der Waals surface area contributed by atoms with Gasteiger partial charge in [-0.05, 0) is 51.4 Å². The van der Waals surface area contributed by atoms with Crippen LogP contribution in [-0.2, 0) is 19.1 Å². The molecule has 3 heterocycles. The highest BCUT2D eigenvalue weighted by Gasteiger charge is 2.75. The second kappa shape index (κ2) is 10.3. The molecule has 3 rings (SSSR count). The van der Waals surface area contributed by atoms with Crippen LogP contribution in [-0.4, -0.2) is 80.1 Å². The van der Waals surface area contributed by atoms with Crippen LogP contribution in [0.15, 0.2) is 12.7 Å². The number of likely N-dealkylation sites (tertiary alicyclic amines) is 1. The van der Waals surface area contributed by atoms with E-state index in [1.807, 2.05) is 18.7 Å². The number of ether oxygens (including phenoxy) is 1. The molecule has 3 aliphatic rings. The largest absolute Gasteiger partial charge is 0.466 e. The van der Waals surface area contributed by atoms with Crippen LogP contribution < -0.4 is 0 Å². The molecule has 0 aromatic carbocycles. The van der Waals surface area contributed by atoms with Crippen LogP contribution in [0.1, 0.15) is 74.7 Å². The van der Waals surface area contributed by atoms with Crippen molar-refractivity contribution < 1.29 is 24.2 Å². The zero-order chi connectivity index (χ0) is 27.2. The van der Waals surface area contributed by atoms with E-state index in [0.717, 1.165) is 12.8 Å². The van der Waals surface area contributed by atoms with Crippen molar-refractivity contribution in [3.05, 3.63) is 12.7 Å². The first-order chi connectivity index (χ1) is 16.7. The van der Waals surface area contributed by atoms with E-state index in [2.05, 4.69) is 41.2 Å². The fraction of sp³-hybridized carbons (Fsp3) is 0.821. The van der Waals surface area contributed by atoms with Crippen molar-refractivity contribution in [2.24, 2.45) is 23.2 Å². The lowest BCUT2D eigenvalue weighted by Crippen LogP contribution is -2.62.